The van der Waals surface area contributed by atoms with Gasteiger partial charge in [-0.25, -0.2) is 0 Å². The molecule has 0 amide bonds. The largest absolute Gasteiger partial charge is 0.472 e. The fraction of sp³-hybridized carbons (Fsp3) is 0.538. The highest BCUT2D eigenvalue weighted by Gasteiger charge is 2.20. The first-order valence-corrected chi connectivity index (χ1v) is 6.32. The van der Waals surface area contributed by atoms with E-state index in [9.17, 15) is 0 Å². The molecule has 0 aromatic carbocycles. The van der Waals surface area contributed by atoms with Crippen LogP contribution >= 0.6 is 0 Å². The number of nitrogens with one attached hydrogen (secondary N) is 1. The molecule has 1 N–H and O–H groups in total. The predicted octanol–water partition coefficient (Wildman–Crippen LogP) is 2.82. The maximum absolute atomic E-state index is 5.31. The van der Waals surface area contributed by atoms with E-state index < -0.39 is 0 Å². The van der Waals surface area contributed by atoms with Crippen molar-refractivity contribution in [2.45, 2.75) is 39.2 Å². The normalized spacial score (nSPS) is 14.6. The molecule has 0 fully saturated rings. The van der Waals surface area contributed by atoms with Crippen LogP contribution in [0.3, 0.4) is 0 Å². The Bertz CT molecular complexity index is 464. The molecule has 0 spiro atoms. The van der Waals surface area contributed by atoms with Gasteiger partial charge in [0.25, 0.3) is 0 Å². The van der Waals surface area contributed by atoms with Gasteiger partial charge in [-0.15, -0.1) is 0 Å². The van der Waals surface area contributed by atoms with Crippen molar-refractivity contribution in [2.24, 2.45) is 0 Å². The number of hydrogen-bond donors (Lipinski definition) is 1. The summed E-state index contributed by atoms with van der Waals surface area (Å²) >= 11 is 0. The van der Waals surface area contributed by atoms with Gasteiger partial charge in [0.1, 0.15) is 6.26 Å². The molecular weight excluding hydrogens is 230 g/mol. The van der Waals surface area contributed by atoms with Crippen LogP contribution in [0.2, 0.25) is 0 Å². The van der Waals surface area contributed by atoms with Crippen molar-refractivity contribution in [1.29, 1.82) is 0 Å². The monoisotopic (exact) mass is 249 g/mol. The molecule has 0 aliphatic rings. The number of hydrogen-bond acceptors (Lipinski definition) is 5. The Balaban J connectivity index is 2.05. The molecule has 5 heteroatoms. The molecule has 2 unspecified atom stereocenters. The highest BCUT2D eigenvalue weighted by atomic mass is 16.5. The van der Waals surface area contributed by atoms with E-state index in [1.165, 1.54) is 0 Å². The van der Waals surface area contributed by atoms with Crippen LogP contribution in [0.4, 0.5) is 0 Å². The first kappa shape index (κ1) is 12.8. The van der Waals surface area contributed by atoms with E-state index in [-0.39, 0.29) is 5.92 Å². The van der Waals surface area contributed by atoms with Gasteiger partial charge in [0.2, 0.25) is 11.7 Å². The molecule has 18 heavy (non-hydrogen) atoms. The SMILES string of the molecule is CCCNC(C)C(C)c1nc(-c2ccoc2)no1. The molecule has 98 valence electrons. The van der Waals surface area contributed by atoms with Crippen LogP contribution in [-0.2, 0) is 0 Å². The lowest BCUT2D eigenvalue weighted by Crippen LogP contribution is -2.31. The van der Waals surface area contributed by atoms with Crippen LogP contribution < -0.4 is 5.32 Å². The number of nitrogens with zero attached hydrogens (tertiary/aromatic N) is 2. The predicted molar refractivity (Wildman–Crippen MR) is 68.2 cm³/mol. The average Bonchev–Trinajstić information content (AvgIpc) is 3.04. The van der Waals surface area contributed by atoms with Crippen LogP contribution in [0.25, 0.3) is 11.4 Å². The molecule has 2 aromatic rings. The lowest BCUT2D eigenvalue weighted by Gasteiger charge is -2.17. The number of aromatic nitrogens is 2. The molecule has 0 aliphatic heterocycles. The molecule has 2 aromatic heterocycles. The van der Waals surface area contributed by atoms with Gasteiger partial charge in [0, 0.05) is 6.04 Å². The van der Waals surface area contributed by atoms with Gasteiger partial charge >= 0.3 is 0 Å². The summed E-state index contributed by atoms with van der Waals surface area (Å²) in [5, 5.41) is 7.40. The smallest absolute Gasteiger partial charge is 0.231 e. The Labute approximate surface area is 107 Å². The molecule has 0 radical (unpaired) electrons. The first-order valence-electron chi connectivity index (χ1n) is 6.32. The first-order chi connectivity index (χ1) is 8.72. The fourth-order valence-corrected chi connectivity index (χ4v) is 1.69. The Morgan fingerprint density at radius 1 is 1.39 bits per heavy atom. The van der Waals surface area contributed by atoms with Gasteiger partial charge in [-0.2, -0.15) is 4.98 Å². The van der Waals surface area contributed by atoms with Crippen molar-refractivity contribution in [3.8, 4) is 11.4 Å². The lowest BCUT2D eigenvalue weighted by atomic mass is 10.0. The van der Waals surface area contributed by atoms with Crippen molar-refractivity contribution in [2.75, 3.05) is 6.54 Å². The second-order valence-corrected chi connectivity index (χ2v) is 4.50. The summed E-state index contributed by atoms with van der Waals surface area (Å²) in [4.78, 5) is 4.40. The van der Waals surface area contributed by atoms with Crippen LogP contribution in [0.5, 0.6) is 0 Å². The van der Waals surface area contributed by atoms with Gasteiger partial charge in [-0.05, 0) is 26.0 Å². The van der Waals surface area contributed by atoms with E-state index in [2.05, 4.69) is 36.2 Å². The second-order valence-electron chi connectivity index (χ2n) is 4.50. The Hall–Kier alpha value is -1.62. The topological polar surface area (TPSA) is 64.1 Å². The fourth-order valence-electron chi connectivity index (χ4n) is 1.69. The summed E-state index contributed by atoms with van der Waals surface area (Å²) in [5.41, 5.74) is 0.839. The Morgan fingerprint density at radius 2 is 2.22 bits per heavy atom. The summed E-state index contributed by atoms with van der Waals surface area (Å²) in [6, 6.07) is 2.13. The van der Waals surface area contributed by atoms with E-state index in [4.69, 9.17) is 8.94 Å². The minimum atomic E-state index is 0.185. The van der Waals surface area contributed by atoms with Crippen LogP contribution in [0, 0.1) is 0 Å². The molecule has 5 nitrogen and oxygen atoms in total. The summed E-state index contributed by atoms with van der Waals surface area (Å²) in [5.74, 6) is 1.42. The van der Waals surface area contributed by atoms with Gasteiger partial charge in [0.15, 0.2) is 0 Å². The summed E-state index contributed by atoms with van der Waals surface area (Å²) in [7, 11) is 0. The second kappa shape index (κ2) is 5.82. The third kappa shape index (κ3) is 2.79. The Kier molecular flexibility index (Phi) is 4.15. The maximum atomic E-state index is 5.31. The zero-order chi connectivity index (χ0) is 13.0. The molecule has 0 aliphatic carbocycles. The van der Waals surface area contributed by atoms with Crippen molar-refractivity contribution < 1.29 is 8.94 Å². The third-order valence-electron chi connectivity index (χ3n) is 3.08. The molecule has 2 atom stereocenters. The number of furan rings is 1. The lowest BCUT2D eigenvalue weighted by molar-refractivity contribution is 0.331. The summed E-state index contributed by atoms with van der Waals surface area (Å²) in [6.45, 7) is 7.35. The van der Waals surface area contributed by atoms with Crippen LogP contribution in [0.15, 0.2) is 27.5 Å². The third-order valence-corrected chi connectivity index (χ3v) is 3.08. The maximum Gasteiger partial charge on any atom is 0.231 e. The van der Waals surface area contributed by atoms with Crippen molar-refractivity contribution >= 4 is 0 Å². The molecule has 2 heterocycles. The minimum absolute atomic E-state index is 0.185. The van der Waals surface area contributed by atoms with Crippen molar-refractivity contribution in [3.63, 3.8) is 0 Å². The highest BCUT2D eigenvalue weighted by molar-refractivity contribution is 5.51. The minimum Gasteiger partial charge on any atom is -0.472 e. The molecule has 0 saturated carbocycles. The summed E-state index contributed by atoms with van der Waals surface area (Å²) in [6.07, 6.45) is 4.32. The van der Waals surface area contributed by atoms with E-state index in [0.717, 1.165) is 18.5 Å². The van der Waals surface area contributed by atoms with Gasteiger partial charge in [-0.3, -0.25) is 0 Å². The van der Waals surface area contributed by atoms with Crippen molar-refractivity contribution in [3.05, 3.63) is 24.5 Å². The zero-order valence-corrected chi connectivity index (χ0v) is 11.0. The van der Waals surface area contributed by atoms with E-state index in [1.54, 1.807) is 12.5 Å². The van der Waals surface area contributed by atoms with Gasteiger partial charge in [0.05, 0.1) is 17.7 Å². The van der Waals surface area contributed by atoms with Crippen molar-refractivity contribution in [1.82, 2.24) is 15.5 Å². The van der Waals surface area contributed by atoms with E-state index >= 15 is 0 Å². The highest BCUT2D eigenvalue weighted by Crippen LogP contribution is 2.21. The Morgan fingerprint density at radius 3 is 2.89 bits per heavy atom. The molecule has 0 saturated heterocycles. The quantitative estimate of drug-likeness (QED) is 0.852. The van der Waals surface area contributed by atoms with Crippen LogP contribution in [0.1, 0.15) is 39.0 Å². The van der Waals surface area contributed by atoms with E-state index in [1.807, 2.05) is 6.07 Å². The average molecular weight is 249 g/mol. The van der Waals surface area contributed by atoms with Gasteiger partial charge in [-0.1, -0.05) is 19.0 Å². The number of rotatable bonds is 6. The van der Waals surface area contributed by atoms with Gasteiger partial charge < -0.3 is 14.3 Å². The summed E-state index contributed by atoms with van der Waals surface area (Å²) < 4.78 is 10.3. The zero-order valence-electron chi connectivity index (χ0n) is 11.0. The standard InChI is InChI=1S/C13H19N3O2/c1-4-6-14-10(3)9(2)13-15-12(16-18-13)11-5-7-17-8-11/h5,7-10,14H,4,6H2,1-3H3. The molecule has 0 bridgehead atoms. The molecule has 2 rings (SSSR count). The van der Waals surface area contributed by atoms with Crippen LogP contribution in [-0.4, -0.2) is 22.7 Å². The van der Waals surface area contributed by atoms with E-state index in [0.29, 0.717) is 17.8 Å². The molecular formula is C13H19N3O2.